The molecule has 0 heterocycles. The number of esters is 2. The molecule has 2 aliphatic rings. The zero-order valence-electron chi connectivity index (χ0n) is 19.4. The van der Waals surface area contributed by atoms with E-state index in [1.807, 2.05) is 39.0 Å². The summed E-state index contributed by atoms with van der Waals surface area (Å²) in [4.78, 5) is 26.4. The number of sulfone groups is 1. The molecule has 0 N–H and O–H groups in total. The molecule has 0 saturated heterocycles. The normalized spacial score (nSPS) is 20.9. The minimum atomic E-state index is -3.77. The number of hydrogen-bond acceptors (Lipinski definition) is 6. The lowest BCUT2D eigenvalue weighted by Crippen LogP contribution is -2.34. The second-order valence-electron chi connectivity index (χ2n) is 8.16. The van der Waals surface area contributed by atoms with E-state index in [2.05, 4.69) is 0 Å². The van der Waals surface area contributed by atoms with E-state index in [1.54, 1.807) is 24.3 Å². The molecule has 0 unspecified atom stereocenters. The number of fused-ring (bicyclic) bond motifs is 1. The highest BCUT2D eigenvalue weighted by Gasteiger charge is 2.43. The number of hydrogen-bond donors (Lipinski definition) is 0. The van der Waals surface area contributed by atoms with Crippen LogP contribution < -0.4 is 0 Å². The second kappa shape index (κ2) is 9.75. The summed E-state index contributed by atoms with van der Waals surface area (Å²) in [6.07, 6.45) is 7.43. The third-order valence-electron chi connectivity index (χ3n) is 5.97. The Kier molecular flexibility index (Phi) is 7.22. The van der Waals surface area contributed by atoms with Crippen LogP contribution in [0.15, 0.2) is 93.0 Å². The van der Waals surface area contributed by atoms with Gasteiger partial charge in [0.25, 0.3) is 0 Å². The summed E-state index contributed by atoms with van der Waals surface area (Å²) < 4.78 is 36.7. The number of rotatable bonds is 5. The lowest BCUT2D eigenvalue weighted by atomic mass is 9.82. The largest absolute Gasteiger partial charge is 0.469 e. The zero-order chi connectivity index (χ0) is 24.3. The third-order valence-corrected chi connectivity index (χ3v) is 7.79. The Hall–Kier alpha value is -3.19. The Labute approximate surface area is 194 Å². The van der Waals surface area contributed by atoms with Crippen LogP contribution in [0.5, 0.6) is 0 Å². The third kappa shape index (κ3) is 4.78. The summed E-state index contributed by atoms with van der Waals surface area (Å²) >= 11 is 0. The van der Waals surface area contributed by atoms with Crippen LogP contribution in [-0.4, -0.2) is 40.3 Å². The predicted octanol–water partition coefficient (Wildman–Crippen LogP) is 4.13. The van der Waals surface area contributed by atoms with Crippen molar-refractivity contribution < 1.29 is 27.5 Å². The minimum Gasteiger partial charge on any atom is -0.469 e. The van der Waals surface area contributed by atoms with Gasteiger partial charge in [-0.2, -0.15) is 0 Å². The zero-order valence-corrected chi connectivity index (χ0v) is 20.2. The van der Waals surface area contributed by atoms with E-state index in [-0.39, 0.29) is 16.2 Å². The highest BCUT2D eigenvalue weighted by atomic mass is 32.2. The number of methoxy groups -OCH3 is 2. The van der Waals surface area contributed by atoms with Crippen LogP contribution in [0.25, 0.3) is 0 Å². The van der Waals surface area contributed by atoms with E-state index in [9.17, 15) is 18.0 Å². The molecule has 0 amide bonds. The first-order chi connectivity index (χ1) is 15.6. The highest BCUT2D eigenvalue weighted by Crippen LogP contribution is 2.43. The fraction of sp³-hybridized carbons (Fsp3) is 0.308. The molecule has 1 aromatic carbocycles. The minimum absolute atomic E-state index is 0.109. The quantitative estimate of drug-likeness (QED) is 0.604. The number of carbonyl (C=O) groups excluding carboxylic acids is 2. The van der Waals surface area contributed by atoms with E-state index >= 15 is 0 Å². The maximum Gasteiger partial charge on any atom is 0.335 e. The van der Waals surface area contributed by atoms with Gasteiger partial charge in [0, 0.05) is 5.92 Å². The molecule has 6 nitrogen and oxygen atoms in total. The first-order valence-corrected chi connectivity index (χ1v) is 12.2. The lowest BCUT2D eigenvalue weighted by molar-refractivity contribution is -0.148. The van der Waals surface area contributed by atoms with Crippen LogP contribution in [0, 0.1) is 11.8 Å². The van der Waals surface area contributed by atoms with Crippen molar-refractivity contribution in [2.75, 3.05) is 20.0 Å². The topological polar surface area (TPSA) is 86.7 Å². The highest BCUT2D eigenvalue weighted by molar-refractivity contribution is 7.91. The number of carbonyl (C=O) groups is 2. The van der Waals surface area contributed by atoms with E-state index < -0.39 is 33.6 Å². The first-order valence-electron chi connectivity index (χ1n) is 10.6. The SMILES string of the molecule is COC(=O)C1=C2C(C)=CC=CC(C)=C2C(C)=C[C@H](CS(=O)(=O)c2ccccc2)[C@@H]1C(=O)OC. The van der Waals surface area contributed by atoms with E-state index in [1.165, 1.54) is 26.4 Å². The van der Waals surface area contributed by atoms with Crippen molar-refractivity contribution in [2.24, 2.45) is 11.8 Å². The van der Waals surface area contributed by atoms with Crippen molar-refractivity contribution in [3.63, 3.8) is 0 Å². The van der Waals surface area contributed by atoms with Gasteiger partial charge in [0.05, 0.1) is 36.4 Å². The van der Waals surface area contributed by atoms with Gasteiger partial charge >= 0.3 is 11.9 Å². The number of benzene rings is 1. The molecule has 0 radical (unpaired) electrons. The predicted molar refractivity (Wildman–Crippen MR) is 126 cm³/mol. The van der Waals surface area contributed by atoms with Crippen molar-refractivity contribution in [1.82, 2.24) is 0 Å². The van der Waals surface area contributed by atoms with Crippen LogP contribution in [0.4, 0.5) is 0 Å². The Bertz CT molecular complexity index is 1230. The van der Waals surface area contributed by atoms with Gasteiger partial charge < -0.3 is 9.47 Å². The van der Waals surface area contributed by atoms with Crippen LogP contribution in [-0.2, 0) is 28.9 Å². The molecule has 0 aliphatic heterocycles. The van der Waals surface area contributed by atoms with Gasteiger partial charge in [-0.15, -0.1) is 0 Å². The van der Waals surface area contributed by atoms with Crippen molar-refractivity contribution in [1.29, 1.82) is 0 Å². The Morgan fingerprint density at radius 2 is 1.61 bits per heavy atom. The molecule has 33 heavy (non-hydrogen) atoms. The molecule has 3 rings (SSSR count). The Morgan fingerprint density at radius 3 is 2.21 bits per heavy atom. The Balaban J connectivity index is 2.33. The fourth-order valence-electron chi connectivity index (χ4n) is 4.50. The van der Waals surface area contributed by atoms with E-state index in [4.69, 9.17) is 9.47 Å². The summed E-state index contributed by atoms with van der Waals surface area (Å²) in [5.74, 6) is -3.74. The van der Waals surface area contributed by atoms with Crippen LogP contribution in [0.2, 0.25) is 0 Å². The average molecular weight is 469 g/mol. The van der Waals surface area contributed by atoms with Gasteiger partial charge in [-0.05, 0) is 60.8 Å². The maximum atomic E-state index is 13.3. The molecule has 1 aromatic rings. The monoisotopic (exact) mass is 468 g/mol. The molecule has 174 valence electrons. The van der Waals surface area contributed by atoms with Crippen molar-refractivity contribution >= 4 is 21.8 Å². The summed E-state index contributed by atoms with van der Waals surface area (Å²) in [6.45, 7) is 5.63. The maximum absolute atomic E-state index is 13.3. The van der Waals surface area contributed by atoms with Crippen LogP contribution >= 0.6 is 0 Å². The number of ether oxygens (including phenoxy) is 2. The van der Waals surface area contributed by atoms with Gasteiger partial charge in [-0.3, -0.25) is 4.79 Å². The van der Waals surface area contributed by atoms with Crippen molar-refractivity contribution in [3.8, 4) is 0 Å². The Morgan fingerprint density at radius 1 is 0.939 bits per heavy atom. The lowest BCUT2D eigenvalue weighted by Gasteiger charge is -2.25. The van der Waals surface area contributed by atoms with Gasteiger partial charge in [0.15, 0.2) is 9.84 Å². The number of allylic oxidation sites excluding steroid dienone is 9. The molecule has 2 aliphatic carbocycles. The molecule has 0 bridgehead atoms. The van der Waals surface area contributed by atoms with Crippen LogP contribution in [0.1, 0.15) is 20.8 Å². The molecule has 2 atom stereocenters. The molecule has 0 spiro atoms. The van der Waals surface area contributed by atoms with Gasteiger partial charge in [0.1, 0.15) is 0 Å². The average Bonchev–Trinajstić information content (AvgIpc) is 3.01. The molecular weight excluding hydrogens is 440 g/mol. The first kappa shape index (κ1) is 24.5. The van der Waals surface area contributed by atoms with Crippen LogP contribution in [0.3, 0.4) is 0 Å². The molecule has 0 fully saturated rings. The second-order valence-corrected chi connectivity index (χ2v) is 10.2. The van der Waals surface area contributed by atoms with Gasteiger partial charge in [-0.1, -0.05) is 42.5 Å². The summed E-state index contributed by atoms with van der Waals surface area (Å²) in [5, 5.41) is 0. The van der Waals surface area contributed by atoms with Gasteiger partial charge in [0.2, 0.25) is 0 Å². The fourth-order valence-corrected chi connectivity index (χ4v) is 6.06. The van der Waals surface area contributed by atoms with E-state index in [0.29, 0.717) is 5.57 Å². The molecule has 0 saturated carbocycles. The van der Waals surface area contributed by atoms with E-state index in [0.717, 1.165) is 22.3 Å². The molecule has 0 aromatic heterocycles. The molecular formula is C26H28O6S. The standard InChI is InChI=1S/C26H28O6S/c1-16-10-9-11-17(2)22-21(16)18(3)14-19(15-33(29,30)20-12-7-6-8-13-20)23(25(27)31-4)24(22)26(28)32-5/h6-14,19,23H,15H2,1-5H3/t19-,23+/m1/s1. The van der Waals surface area contributed by atoms with Crippen molar-refractivity contribution in [3.05, 3.63) is 88.1 Å². The summed E-state index contributed by atoms with van der Waals surface area (Å²) in [5.41, 5.74) is 3.91. The summed E-state index contributed by atoms with van der Waals surface area (Å²) in [7, 11) is -1.30. The molecule has 7 heteroatoms. The smallest absolute Gasteiger partial charge is 0.335 e. The van der Waals surface area contributed by atoms with Gasteiger partial charge in [-0.25, -0.2) is 13.2 Å². The summed E-state index contributed by atoms with van der Waals surface area (Å²) in [6, 6.07) is 8.06. The van der Waals surface area contributed by atoms with Crippen molar-refractivity contribution in [2.45, 2.75) is 25.7 Å².